The zero-order chi connectivity index (χ0) is 13.5. The number of rotatable bonds is 14. The summed E-state index contributed by atoms with van der Waals surface area (Å²) in [5.41, 5.74) is 0. The van der Waals surface area contributed by atoms with Gasteiger partial charge in [-0.05, 0) is 19.3 Å². The van der Waals surface area contributed by atoms with Crippen molar-refractivity contribution in [3.8, 4) is 0 Å². The maximum Gasteiger partial charge on any atom is 0.0543 e. The van der Waals surface area contributed by atoms with Crippen LogP contribution in [0.2, 0.25) is 0 Å². The molecule has 0 spiro atoms. The van der Waals surface area contributed by atoms with Gasteiger partial charge in [-0.15, -0.1) is 6.58 Å². The number of aliphatic hydroxyl groups excluding tert-OH is 1. The maximum absolute atomic E-state index is 9.66. The second-order valence-electron chi connectivity index (χ2n) is 5.49. The Labute approximate surface area is 115 Å². The lowest BCUT2D eigenvalue weighted by atomic mass is 10.0. The van der Waals surface area contributed by atoms with Gasteiger partial charge in [0.15, 0.2) is 0 Å². The zero-order valence-electron chi connectivity index (χ0n) is 12.5. The first-order chi connectivity index (χ1) is 8.81. The van der Waals surface area contributed by atoms with Crippen molar-refractivity contribution in [1.82, 2.24) is 0 Å². The van der Waals surface area contributed by atoms with Crippen LogP contribution in [-0.2, 0) is 0 Å². The minimum atomic E-state index is -0.1000. The van der Waals surface area contributed by atoms with Gasteiger partial charge < -0.3 is 5.11 Å². The molecule has 1 nitrogen and oxygen atoms in total. The summed E-state index contributed by atoms with van der Waals surface area (Å²) < 4.78 is 0. The predicted octanol–water partition coefficient (Wildman–Crippen LogP) is 5.62. The van der Waals surface area contributed by atoms with Crippen LogP contribution in [-0.4, -0.2) is 11.2 Å². The topological polar surface area (TPSA) is 20.2 Å². The molecule has 0 aliphatic rings. The SMILES string of the molecule is C=CCCC(O)CCCCCCCCCCCC. The smallest absolute Gasteiger partial charge is 0.0543 e. The van der Waals surface area contributed by atoms with Crippen LogP contribution in [0.3, 0.4) is 0 Å². The monoisotopic (exact) mass is 254 g/mol. The van der Waals surface area contributed by atoms with E-state index in [0.29, 0.717) is 0 Å². The van der Waals surface area contributed by atoms with E-state index in [0.717, 1.165) is 19.3 Å². The summed E-state index contributed by atoms with van der Waals surface area (Å²) in [5, 5.41) is 9.66. The van der Waals surface area contributed by atoms with Gasteiger partial charge in [-0.2, -0.15) is 0 Å². The van der Waals surface area contributed by atoms with E-state index in [2.05, 4.69) is 13.5 Å². The van der Waals surface area contributed by atoms with Crippen molar-refractivity contribution in [2.45, 2.75) is 96.5 Å². The van der Waals surface area contributed by atoms with Crippen molar-refractivity contribution >= 4 is 0 Å². The molecule has 0 heterocycles. The van der Waals surface area contributed by atoms with E-state index in [1.165, 1.54) is 64.2 Å². The van der Waals surface area contributed by atoms with Crippen LogP contribution < -0.4 is 0 Å². The Hall–Kier alpha value is -0.300. The Balaban J connectivity index is 3.04. The molecule has 0 saturated carbocycles. The van der Waals surface area contributed by atoms with E-state index in [1.54, 1.807) is 0 Å². The third kappa shape index (κ3) is 13.8. The summed E-state index contributed by atoms with van der Waals surface area (Å²) in [4.78, 5) is 0. The fraction of sp³-hybridized carbons (Fsp3) is 0.882. The van der Waals surface area contributed by atoms with Crippen LogP contribution in [0.15, 0.2) is 12.7 Å². The van der Waals surface area contributed by atoms with Crippen LogP contribution in [0, 0.1) is 0 Å². The van der Waals surface area contributed by atoms with Crippen LogP contribution in [0.4, 0.5) is 0 Å². The van der Waals surface area contributed by atoms with Crippen molar-refractivity contribution < 1.29 is 5.11 Å². The Bertz CT molecular complexity index is 165. The van der Waals surface area contributed by atoms with Gasteiger partial charge in [-0.3, -0.25) is 0 Å². The molecule has 0 aromatic carbocycles. The first-order valence-corrected chi connectivity index (χ1v) is 8.10. The van der Waals surface area contributed by atoms with E-state index in [9.17, 15) is 5.11 Å². The van der Waals surface area contributed by atoms with E-state index in [1.807, 2.05) is 6.08 Å². The summed E-state index contributed by atoms with van der Waals surface area (Å²) in [5.74, 6) is 0. The molecule has 0 bridgehead atoms. The van der Waals surface area contributed by atoms with E-state index in [-0.39, 0.29) is 6.10 Å². The molecule has 0 aliphatic heterocycles. The first-order valence-electron chi connectivity index (χ1n) is 8.10. The highest BCUT2D eigenvalue weighted by Gasteiger charge is 2.01. The lowest BCUT2D eigenvalue weighted by molar-refractivity contribution is 0.152. The molecule has 0 aromatic heterocycles. The summed E-state index contributed by atoms with van der Waals surface area (Å²) in [6.45, 7) is 5.95. The minimum Gasteiger partial charge on any atom is -0.393 e. The molecule has 0 aliphatic carbocycles. The molecular formula is C17H34O. The summed E-state index contributed by atoms with van der Waals surface area (Å²) >= 11 is 0. The van der Waals surface area contributed by atoms with E-state index >= 15 is 0 Å². The molecule has 0 radical (unpaired) electrons. The molecule has 1 N–H and O–H groups in total. The number of allylic oxidation sites excluding steroid dienone is 1. The largest absolute Gasteiger partial charge is 0.393 e. The highest BCUT2D eigenvalue weighted by Crippen LogP contribution is 2.13. The molecule has 0 amide bonds. The summed E-state index contributed by atoms with van der Waals surface area (Å²) in [6.07, 6.45) is 18.2. The van der Waals surface area contributed by atoms with Crippen molar-refractivity contribution in [2.75, 3.05) is 0 Å². The van der Waals surface area contributed by atoms with Gasteiger partial charge in [0.25, 0.3) is 0 Å². The Morgan fingerprint density at radius 2 is 1.33 bits per heavy atom. The fourth-order valence-electron chi connectivity index (χ4n) is 2.32. The highest BCUT2D eigenvalue weighted by molar-refractivity contribution is 4.69. The molecule has 0 saturated heterocycles. The quantitative estimate of drug-likeness (QED) is 0.315. The Morgan fingerprint density at radius 1 is 0.833 bits per heavy atom. The molecule has 0 aromatic rings. The van der Waals surface area contributed by atoms with Crippen molar-refractivity contribution in [2.24, 2.45) is 0 Å². The van der Waals surface area contributed by atoms with Crippen LogP contribution >= 0.6 is 0 Å². The van der Waals surface area contributed by atoms with E-state index < -0.39 is 0 Å². The predicted molar refractivity (Wildman–Crippen MR) is 81.9 cm³/mol. The van der Waals surface area contributed by atoms with E-state index in [4.69, 9.17) is 0 Å². The third-order valence-corrected chi connectivity index (χ3v) is 3.59. The van der Waals surface area contributed by atoms with Gasteiger partial charge in [-0.25, -0.2) is 0 Å². The second-order valence-corrected chi connectivity index (χ2v) is 5.49. The van der Waals surface area contributed by atoms with Gasteiger partial charge in [0, 0.05) is 0 Å². The number of unbranched alkanes of at least 4 members (excludes halogenated alkanes) is 9. The first kappa shape index (κ1) is 17.7. The maximum atomic E-state index is 9.66. The lowest BCUT2D eigenvalue weighted by Crippen LogP contribution is -2.05. The Morgan fingerprint density at radius 3 is 1.83 bits per heavy atom. The number of hydrogen-bond acceptors (Lipinski definition) is 1. The zero-order valence-corrected chi connectivity index (χ0v) is 12.5. The van der Waals surface area contributed by atoms with Crippen LogP contribution in [0.1, 0.15) is 90.4 Å². The molecule has 1 unspecified atom stereocenters. The van der Waals surface area contributed by atoms with Crippen molar-refractivity contribution in [3.05, 3.63) is 12.7 Å². The molecule has 1 atom stereocenters. The van der Waals surface area contributed by atoms with Crippen molar-refractivity contribution in [3.63, 3.8) is 0 Å². The third-order valence-electron chi connectivity index (χ3n) is 3.59. The Kier molecular flexibility index (Phi) is 14.5. The molecule has 1 heteroatoms. The van der Waals surface area contributed by atoms with Crippen LogP contribution in [0.5, 0.6) is 0 Å². The lowest BCUT2D eigenvalue weighted by Gasteiger charge is -2.08. The van der Waals surface area contributed by atoms with Gasteiger partial charge >= 0.3 is 0 Å². The summed E-state index contributed by atoms with van der Waals surface area (Å²) in [6, 6.07) is 0. The average Bonchev–Trinajstić information content (AvgIpc) is 2.38. The highest BCUT2D eigenvalue weighted by atomic mass is 16.3. The van der Waals surface area contributed by atoms with Gasteiger partial charge in [0.05, 0.1) is 6.10 Å². The standard InChI is InChI=1S/C17H34O/c1-3-5-7-8-9-10-11-12-13-14-16-17(18)15-6-4-2/h4,17-18H,2-3,5-16H2,1H3. The number of aliphatic hydroxyl groups is 1. The molecule has 18 heavy (non-hydrogen) atoms. The number of hydrogen-bond donors (Lipinski definition) is 1. The van der Waals surface area contributed by atoms with Gasteiger partial charge in [0.2, 0.25) is 0 Å². The average molecular weight is 254 g/mol. The molecule has 0 rings (SSSR count). The van der Waals surface area contributed by atoms with Crippen LogP contribution in [0.25, 0.3) is 0 Å². The molecule has 0 fully saturated rings. The minimum absolute atomic E-state index is 0.1000. The summed E-state index contributed by atoms with van der Waals surface area (Å²) in [7, 11) is 0. The molecular weight excluding hydrogens is 220 g/mol. The van der Waals surface area contributed by atoms with Gasteiger partial charge in [-0.1, -0.05) is 77.2 Å². The van der Waals surface area contributed by atoms with Gasteiger partial charge in [0.1, 0.15) is 0 Å². The van der Waals surface area contributed by atoms with Crippen molar-refractivity contribution in [1.29, 1.82) is 0 Å². The fourth-order valence-corrected chi connectivity index (χ4v) is 2.32. The normalized spacial score (nSPS) is 12.6. The second kappa shape index (κ2) is 14.8. The molecule has 108 valence electrons.